The van der Waals surface area contributed by atoms with Gasteiger partial charge in [-0.2, -0.15) is 0 Å². The number of carbonyl (C=O) groups is 1. The van der Waals surface area contributed by atoms with Crippen LogP contribution < -0.4 is 5.32 Å². The van der Waals surface area contributed by atoms with Crippen molar-refractivity contribution in [2.45, 2.75) is 70.6 Å². The van der Waals surface area contributed by atoms with E-state index in [9.17, 15) is 4.79 Å². The molecule has 1 unspecified atom stereocenters. The number of para-hydroxylation sites is 2. The van der Waals surface area contributed by atoms with E-state index in [2.05, 4.69) is 28.1 Å². The second kappa shape index (κ2) is 8.21. The third-order valence-electron chi connectivity index (χ3n) is 5.86. The van der Waals surface area contributed by atoms with Crippen LogP contribution in [0, 0.1) is 5.92 Å². The van der Waals surface area contributed by atoms with Crippen LogP contribution in [0.3, 0.4) is 0 Å². The van der Waals surface area contributed by atoms with Crippen LogP contribution in [0.15, 0.2) is 24.3 Å². The van der Waals surface area contributed by atoms with Crippen LogP contribution in [-0.2, 0) is 22.6 Å². The van der Waals surface area contributed by atoms with E-state index in [4.69, 9.17) is 9.72 Å². The Bertz CT molecular complexity index is 743. The summed E-state index contributed by atoms with van der Waals surface area (Å²) in [5, 5.41) is 3.03. The first kappa shape index (κ1) is 17.5. The molecule has 1 saturated carbocycles. The minimum Gasteiger partial charge on any atom is -0.368 e. The van der Waals surface area contributed by atoms with E-state index < -0.39 is 0 Å². The molecule has 5 heteroatoms. The second-order valence-corrected chi connectivity index (χ2v) is 7.68. The summed E-state index contributed by atoms with van der Waals surface area (Å²) < 4.78 is 7.79. The Morgan fingerprint density at radius 2 is 2.00 bits per heavy atom. The maximum absolute atomic E-state index is 12.3. The van der Waals surface area contributed by atoms with Crippen molar-refractivity contribution in [1.29, 1.82) is 0 Å². The summed E-state index contributed by atoms with van der Waals surface area (Å²) in [6.07, 6.45) is 9.57. The number of aryl methyl sites for hydroxylation is 1. The van der Waals surface area contributed by atoms with Gasteiger partial charge in [0.15, 0.2) is 0 Å². The average molecular weight is 355 g/mol. The minimum atomic E-state index is -0.282. The molecule has 2 aliphatic rings. The maximum atomic E-state index is 12.3. The molecule has 1 saturated heterocycles. The lowest BCUT2D eigenvalue weighted by molar-refractivity contribution is -0.130. The second-order valence-electron chi connectivity index (χ2n) is 7.68. The Hall–Kier alpha value is -1.88. The number of aromatic nitrogens is 2. The van der Waals surface area contributed by atoms with Crippen LogP contribution in [0.1, 0.15) is 57.2 Å². The number of amides is 1. The fourth-order valence-electron chi connectivity index (χ4n) is 4.36. The third-order valence-corrected chi connectivity index (χ3v) is 5.86. The number of imidazole rings is 1. The zero-order valence-electron chi connectivity index (χ0n) is 15.5. The van der Waals surface area contributed by atoms with Gasteiger partial charge in [-0.1, -0.05) is 44.2 Å². The van der Waals surface area contributed by atoms with Crippen LogP contribution in [0.5, 0.6) is 0 Å². The molecule has 1 amide bonds. The molecule has 1 aliphatic heterocycles. The molecule has 2 heterocycles. The van der Waals surface area contributed by atoms with Crippen molar-refractivity contribution in [2.75, 3.05) is 6.61 Å². The third kappa shape index (κ3) is 3.93. The average Bonchev–Trinajstić information content (AvgIpc) is 3.33. The maximum Gasteiger partial charge on any atom is 0.249 e. The molecule has 0 spiro atoms. The van der Waals surface area contributed by atoms with Gasteiger partial charge in [-0.25, -0.2) is 4.98 Å². The number of carbonyl (C=O) groups excluding carboxylic acids is 1. The number of hydrogen-bond donors (Lipinski definition) is 1. The first-order valence-corrected chi connectivity index (χ1v) is 10.1. The number of hydrogen-bond acceptors (Lipinski definition) is 3. The Kier molecular flexibility index (Phi) is 5.54. The predicted octanol–water partition coefficient (Wildman–Crippen LogP) is 3.80. The molecule has 1 aromatic heterocycles. The van der Waals surface area contributed by atoms with Gasteiger partial charge in [-0.3, -0.25) is 4.79 Å². The van der Waals surface area contributed by atoms with Crippen molar-refractivity contribution >= 4 is 16.9 Å². The summed E-state index contributed by atoms with van der Waals surface area (Å²) in [6, 6.07) is 8.28. The lowest BCUT2D eigenvalue weighted by Gasteiger charge is -2.22. The van der Waals surface area contributed by atoms with Crippen LogP contribution in [-0.4, -0.2) is 28.2 Å². The van der Waals surface area contributed by atoms with E-state index in [1.165, 1.54) is 44.0 Å². The number of nitrogens with zero attached hydrogens (tertiary/aromatic N) is 2. The highest BCUT2D eigenvalue weighted by atomic mass is 16.5. The minimum absolute atomic E-state index is 0.00612. The number of ether oxygens (including phenoxy) is 1. The van der Waals surface area contributed by atoms with Crippen molar-refractivity contribution < 1.29 is 9.53 Å². The largest absolute Gasteiger partial charge is 0.368 e. The molecular formula is C21H29N3O2. The van der Waals surface area contributed by atoms with Crippen molar-refractivity contribution in [3.8, 4) is 0 Å². The number of nitrogens with one attached hydrogen (secondary N) is 1. The molecule has 0 radical (unpaired) electrons. The highest BCUT2D eigenvalue weighted by Crippen LogP contribution is 2.28. The molecule has 26 heavy (non-hydrogen) atoms. The van der Waals surface area contributed by atoms with Crippen molar-refractivity contribution in [1.82, 2.24) is 14.9 Å². The van der Waals surface area contributed by atoms with Crippen molar-refractivity contribution in [3.05, 3.63) is 30.1 Å². The number of rotatable bonds is 6. The van der Waals surface area contributed by atoms with E-state index in [0.29, 0.717) is 13.2 Å². The SMILES string of the molecule is O=C(NCc1nc2ccccc2n1CCC1CCCCC1)C1CCCO1. The Morgan fingerprint density at radius 1 is 1.15 bits per heavy atom. The molecule has 1 aromatic carbocycles. The van der Waals surface area contributed by atoms with Gasteiger partial charge in [0.2, 0.25) is 5.91 Å². The van der Waals surface area contributed by atoms with Gasteiger partial charge < -0.3 is 14.6 Å². The van der Waals surface area contributed by atoms with Gasteiger partial charge in [0, 0.05) is 13.2 Å². The molecule has 4 rings (SSSR count). The molecule has 1 atom stereocenters. The number of benzene rings is 1. The van der Waals surface area contributed by atoms with Gasteiger partial charge in [-0.05, 0) is 37.3 Å². The van der Waals surface area contributed by atoms with Crippen LogP contribution in [0.25, 0.3) is 11.0 Å². The Labute approximate surface area is 155 Å². The normalized spacial score (nSPS) is 21.3. The summed E-state index contributed by atoms with van der Waals surface area (Å²) >= 11 is 0. The summed E-state index contributed by atoms with van der Waals surface area (Å²) in [5.74, 6) is 1.78. The lowest BCUT2D eigenvalue weighted by atomic mass is 9.87. The molecule has 1 aliphatic carbocycles. The summed E-state index contributed by atoms with van der Waals surface area (Å²) in [4.78, 5) is 17.1. The predicted molar refractivity (Wildman–Crippen MR) is 102 cm³/mol. The molecule has 2 aromatic rings. The molecule has 2 fully saturated rings. The van der Waals surface area contributed by atoms with Crippen molar-refractivity contribution in [2.24, 2.45) is 5.92 Å². The Morgan fingerprint density at radius 3 is 2.81 bits per heavy atom. The summed E-state index contributed by atoms with van der Waals surface area (Å²) in [5.41, 5.74) is 2.18. The molecule has 1 N–H and O–H groups in total. The van der Waals surface area contributed by atoms with Gasteiger partial charge in [0.05, 0.1) is 17.6 Å². The summed E-state index contributed by atoms with van der Waals surface area (Å²) in [6.45, 7) is 2.15. The van der Waals surface area contributed by atoms with E-state index in [0.717, 1.165) is 36.6 Å². The topological polar surface area (TPSA) is 56.2 Å². The van der Waals surface area contributed by atoms with Crippen LogP contribution in [0.2, 0.25) is 0 Å². The van der Waals surface area contributed by atoms with Gasteiger partial charge in [-0.15, -0.1) is 0 Å². The van der Waals surface area contributed by atoms with E-state index >= 15 is 0 Å². The zero-order chi connectivity index (χ0) is 17.8. The van der Waals surface area contributed by atoms with Crippen molar-refractivity contribution in [3.63, 3.8) is 0 Å². The van der Waals surface area contributed by atoms with Gasteiger partial charge in [0.25, 0.3) is 0 Å². The standard InChI is InChI=1S/C21H29N3O2/c25-21(19-11-6-14-26-19)22-15-20-23-17-9-4-5-10-18(17)24(20)13-12-16-7-2-1-3-8-16/h4-5,9-10,16,19H,1-3,6-8,11-15H2,(H,22,25). The van der Waals surface area contributed by atoms with E-state index in [1.54, 1.807) is 0 Å². The molecule has 140 valence electrons. The molecule has 5 nitrogen and oxygen atoms in total. The molecule has 0 bridgehead atoms. The first-order valence-electron chi connectivity index (χ1n) is 10.1. The van der Waals surface area contributed by atoms with E-state index in [-0.39, 0.29) is 12.0 Å². The van der Waals surface area contributed by atoms with Crippen LogP contribution in [0.4, 0.5) is 0 Å². The lowest BCUT2D eigenvalue weighted by Crippen LogP contribution is -2.34. The molecular weight excluding hydrogens is 326 g/mol. The highest BCUT2D eigenvalue weighted by molar-refractivity contribution is 5.81. The van der Waals surface area contributed by atoms with Gasteiger partial charge >= 0.3 is 0 Å². The first-order chi connectivity index (χ1) is 12.8. The highest BCUT2D eigenvalue weighted by Gasteiger charge is 2.24. The Balaban J connectivity index is 1.46. The quantitative estimate of drug-likeness (QED) is 0.857. The fraction of sp³-hybridized carbons (Fsp3) is 0.619. The monoisotopic (exact) mass is 355 g/mol. The number of fused-ring (bicyclic) bond motifs is 1. The van der Waals surface area contributed by atoms with E-state index in [1.807, 2.05) is 6.07 Å². The van der Waals surface area contributed by atoms with Crippen LogP contribution >= 0.6 is 0 Å². The zero-order valence-corrected chi connectivity index (χ0v) is 15.5. The summed E-state index contributed by atoms with van der Waals surface area (Å²) in [7, 11) is 0. The smallest absolute Gasteiger partial charge is 0.249 e. The van der Waals surface area contributed by atoms with Gasteiger partial charge in [0.1, 0.15) is 11.9 Å². The fourth-order valence-corrected chi connectivity index (χ4v) is 4.36.